The average molecular weight is 450 g/mol. The smallest absolute Gasteiger partial charge is 0.336 e. The molecule has 2 amide bonds. The second-order valence-corrected chi connectivity index (χ2v) is 8.18. The van der Waals surface area contributed by atoms with Crippen molar-refractivity contribution < 1.29 is 23.5 Å². The number of carbonyl (C=O) groups is 2. The predicted octanol–water partition coefficient (Wildman–Crippen LogP) is 2.74. The van der Waals surface area contributed by atoms with Crippen LogP contribution in [0.2, 0.25) is 0 Å². The molecule has 1 fully saturated rings. The molecule has 2 atom stereocenters. The Balaban J connectivity index is 1.27. The molecule has 3 aromatic rings. The maximum atomic E-state index is 12.7. The van der Waals surface area contributed by atoms with Gasteiger partial charge in [-0.1, -0.05) is 12.1 Å². The Hall–Kier alpha value is -3.65. The minimum atomic E-state index is -0.445. The second-order valence-electron chi connectivity index (χ2n) is 8.18. The van der Waals surface area contributed by atoms with E-state index < -0.39 is 5.63 Å². The maximum absolute atomic E-state index is 12.7. The zero-order valence-corrected chi connectivity index (χ0v) is 18.6. The van der Waals surface area contributed by atoms with E-state index in [0.717, 1.165) is 10.9 Å². The lowest BCUT2D eigenvalue weighted by Crippen LogP contribution is -2.48. The third kappa shape index (κ3) is 5.78. The molecule has 8 heteroatoms. The van der Waals surface area contributed by atoms with Gasteiger partial charge in [-0.25, -0.2) is 4.79 Å². The van der Waals surface area contributed by atoms with E-state index >= 15 is 0 Å². The molecule has 2 unspecified atom stereocenters. The van der Waals surface area contributed by atoms with Crippen LogP contribution in [0.1, 0.15) is 29.8 Å². The summed E-state index contributed by atoms with van der Waals surface area (Å²) in [6.45, 7) is 5.21. The fourth-order valence-electron chi connectivity index (χ4n) is 3.82. The molecule has 4 rings (SSSR count). The van der Waals surface area contributed by atoms with Gasteiger partial charge in [0.05, 0.1) is 12.2 Å². The molecular formula is C25H26N2O6. The van der Waals surface area contributed by atoms with Crippen LogP contribution in [0.3, 0.4) is 0 Å². The van der Waals surface area contributed by atoms with Crippen LogP contribution in [0.15, 0.2) is 63.8 Å². The van der Waals surface area contributed by atoms with Crippen molar-refractivity contribution in [3.05, 3.63) is 76.1 Å². The number of ether oxygens (including phenoxy) is 2. The van der Waals surface area contributed by atoms with Gasteiger partial charge in [-0.2, -0.15) is 0 Å². The van der Waals surface area contributed by atoms with Gasteiger partial charge >= 0.3 is 5.63 Å². The molecular weight excluding hydrogens is 424 g/mol. The summed E-state index contributed by atoms with van der Waals surface area (Å²) in [7, 11) is 0. The minimum absolute atomic E-state index is 0.0163. The summed E-state index contributed by atoms with van der Waals surface area (Å²) in [5.41, 5.74) is 1.43. The molecule has 1 aliphatic heterocycles. The lowest BCUT2D eigenvalue weighted by molar-refractivity contribution is -0.123. The van der Waals surface area contributed by atoms with E-state index in [1.165, 1.54) is 6.07 Å². The molecule has 0 saturated carbocycles. The van der Waals surface area contributed by atoms with Gasteiger partial charge in [0.15, 0.2) is 6.61 Å². The number of rotatable bonds is 6. The van der Waals surface area contributed by atoms with Crippen LogP contribution in [0.25, 0.3) is 11.0 Å². The van der Waals surface area contributed by atoms with Gasteiger partial charge < -0.3 is 24.1 Å². The SMILES string of the molecule is CC1CN(C(=O)c2ccc(CNC(=O)COc3ccc4ccc(=O)oc4c3)cc2)CC(C)O1. The fourth-order valence-corrected chi connectivity index (χ4v) is 3.82. The number of fused-ring (bicyclic) bond motifs is 1. The summed E-state index contributed by atoms with van der Waals surface area (Å²) in [5, 5.41) is 3.56. The van der Waals surface area contributed by atoms with E-state index in [0.29, 0.717) is 36.5 Å². The maximum Gasteiger partial charge on any atom is 0.336 e. The van der Waals surface area contributed by atoms with E-state index in [4.69, 9.17) is 13.9 Å². The first-order valence-electron chi connectivity index (χ1n) is 10.8. The molecule has 0 radical (unpaired) electrons. The van der Waals surface area contributed by atoms with E-state index in [2.05, 4.69) is 5.32 Å². The molecule has 0 bridgehead atoms. The Morgan fingerprint density at radius 1 is 1.03 bits per heavy atom. The number of morpholine rings is 1. The lowest BCUT2D eigenvalue weighted by atomic mass is 10.1. The summed E-state index contributed by atoms with van der Waals surface area (Å²) in [5.74, 6) is 0.120. The Morgan fingerprint density at radius 3 is 2.45 bits per heavy atom. The molecule has 172 valence electrons. The highest BCUT2D eigenvalue weighted by molar-refractivity contribution is 5.94. The molecule has 0 aliphatic carbocycles. The lowest BCUT2D eigenvalue weighted by Gasteiger charge is -2.35. The summed E-state index contributed by atoms with van der Waals surface area (Å²) >= 11 is 0. The summed E-state index contributed by atoms with van der Waals surface area (Å²) < 4.78 is 16.3. The van der Waals surface area contributed by atoms with Crippen LogP contribution in [0.4, 0.5) is 0 Å². The van der Waals surface area contributed by atoms with Crippen molar-refractivity contribution in [2.75, 3.05) is 19.7 Å². The van der Waals surface area contributed by atoms with Gasteiger partial charge in [-0.05, 0) is 49.7 Å². The summed E-state index contributed by atoms with van der Waals surface area (Å²) in [6, 6.07) is 15.3. The standard InChI is InChI=1S/C25H26N2O6/c1-16-13-27(14-17(2)32-16)25(30)20-5-3-18(4-6-20)12-26-23(28)15-31-21-9-7-19-8-10-24(29)33-22(19)11-21/h3-11,16-17H,12-15H2,1-2H3,(H,26,28). The molecule has 1 saturated heterocycles. The van der Waals surface area contributed by atoms with Gasteiger partial charge in [-0.15, -0.1) is 0 Å². The van der Waals surface area contributed by atoms with E-state index in [-0.39, 0.29) is 30.6 Å². The Kier molecular flexibility index (Phi) is 6.74. The highest BCUT2D eigenvalue weighted by Gasteiger charge is 2.26. The van der Waals surface area contributed by atoms with Crippen LogP contribution < -0.4 is 15.7 Å². The molecule has 33 heavy (non-hydrogen) atoms. The predicted molar refractivity (Wildman–Crippen MR) is 122 cm³/mol. The number of nitrogens with one attached hydrogen (secondary N) is 1. The Labute approximate surface area is 191 Å². The molecule has 1 aliphatic rings. The summed E-state index contributed by atoms with van der Waals surface area (Å²) in [4.78, 5) is 38.1. The number of carbonyl (C=O) groups excluding carboxylic acids is 2. The van der Waals surface area contributed by atoms with Crippen LogP contribution >= 0.6 is 0 Å². The van der Waals surface area contributed by atoms with Gasteiger partial charge in [0.2, 0.25) is 0 Å². The van der Waals surface area contributed by atoms with Crippen molar-refractivity contribution in [3.63, 3.8) is 0 Å². The van der Waals surface area contributed by atoms with Crippen molar-refractivity contribution in [1.29, 1.82) is 0 Å². The first-order chi connectivity index (χ1) is 15.9. The van der Waals surface area contributed by atoms with Crippen molar-refractivity contribution in [1.82, 2.24) is 10.2 Å². The van der Waals surface area contributed by atoms with Crippen LogP contribution in [-0.4, -0.2) is 48.6 Å². The Bertz CT molecular complexity index is 1190. The quantitative estimate of drug-likeness (QED) is 0.580. The third-order valence-electron chi connectivity index (χ3n) is 5.36. The highest BCUT2D eigenvalue weighted by atomic mass is 16.5. The van der Waals surface area contributed by atoms with Gasteiger partial charge in [0, 0.05) is 42.7 Å². The Morgan fingerprint density at radius 2 is 1.73 bits per heavy atom. The fraction of sp³-hybridized carbons (Fsp3) is 0.320. The van der Waals surface area contributed by atoms with Crippen molar-refractivity contribution >= 4 is 22.8 Å². The number of amides is 2. The van der Waals surface area contributed by atoms with Crippen molar-refractivity contribution in [2.24, 2.45) is 0 Å². The number of benzene rings is 2. The molecule has 1 aromatic heterocycles. The van der Waals surface area contributed by atoms with E-state index in [1.54, 1.807) is 36.4 Å². The highest BCUT2D eigenvalue weighted by Crippen LogP contribution is 2.19. The zero-order valence-electron chi connectivity index (χ0n) is 18.6. The van der Waals surface area contributed by atoms with Crippen molar-refractivity contribution in [2.45, 2.75) is 32.6 Å². The topological polar surface area (TPSA) is 98.1 Å². The van der Waals surface area contributed by atoms with Crippen molar-refractivity contribution in [3.8, 4) is 5.75 Å². The second kappa shape index (κ2) is 9.87. The first-order valence-corrected chi connectivity index (χ1v) is 10.8. The third-order valence-corrected chi connectivity index (χ3v) is 5.36. The zero-order chi connectivity index (χ0) is 23.4. The van der Waals surface area contributed by atoms with E-state index in [9.17, 15) is 14.4 Å². The number of hydrogen-bond acceptors (Lipinski definition) is 6. The van der Waals surface area contributed by atoms with E-state index in [1.807, 2.05) is 30.9 Å². The van der Waals surface area contributed by atoms with Gasteiger partial charge in [-0.3, -0.25) is 9.59 Å². The summed E-state index contributed by atoms with van der Waals surface area (Å²) in [6.07, 6.45) is 0.0325. The van der Waals surface area contributed by atoms with Gasteiger partial charge in [0.1, 0.15) is 11.3 Å². The number of hydrogen-bond donors (Lipinski definition) is 1. The molecule has 1 N–H and O–H groups in total. The minimum Gasteiger partial charge on any atom is -0.484 e. The van der Waals surface area contributed by atoms with Crippen LogP contribution in [0, 0.1) is 0 Å². The van der Waals surface area contributed by atoms with Gasteiger partial charge in [0.25, 0.3) is 11.8 Å². The normalized spacial score (nSPS) is 18.2. The largest absolute Gasteiger partial charge is 0.484 e. The number of nitrogens with zero attached hydrogens (tertiary/aromatic N) is 1. The van der Waals surface area contributed by atoms with Crippen LogP contribution in [0.5, 0.6) is 5.75 Å². The molecule has 8 nitrogen and oxygen atoms in total. The molecule has 2 heterocycles. The molecule has 2 aromatic carbocycles. The average Bonchev–Trinajstić information content (AvgIpc) is 2.80. The molecule has 0 spiro atoms. The monoisotopic (exact) mass is 450 g/mol. The van der Waals surface area contributed by atoms with Crippen LogP contribution in [-0.2, 0) is 16.1 Å². The first kappa shape index (κ1) is 22.5.